The third-order valence-corrected chi connectivity index (χ3v) is 3.66. The molecule has 0 aromatic heterocycles. The summed E-state index contributed by atoms with van der Waals surface area (Å²) < 4.78 is 0. The first-order chi connectivity index (χ1) is 9.82. The lowest BCUT2D eigenvalue weighted by Gasteiger charge is -2.23. The van der Waals surface area contributed by atoms with Gasteiger partial charge in [0.25, 0.3) is 0 Å². The average Bonchev–Trinajstić information content (AvgIpc) is 2.90. The number of nitrogens with one attached hydrogen (secondary N) is 2. The Labute approximate surface area is 124 Å². The highest BCUT2D eigenvalue weighted by Gasteiger charge is 2.34. The number of nitrogens with two attached hydrogens (primary N) is 1. The maximum absolute atomic E-state index is 11.9. The van der Waals surface area contributed by atoms with Crippen molar-refractivity contribution in [1.29, 1.82) is 0 Å². The summed E-state index contributed by atoms with van der Waals surface area (Å²) in [5.41, 5.74) is 5.26. The van der Waals surface area contributed by atoms with Crippen LogP contribution in [0, 0.1) is 0 Å². The molecule has 1 aliphatic rings. The van der Waals surface area contributed by atoms with E-state index in [9.17, 15) is 19.2 Å². The second-order valence-corrected chi connectivity index (χ2v) is 5.23. The molecule has 0 saturated carbocycles. The largest absolute Gasteiger partial charge is 0.480 e. The number of amides is 3. The quantitative estimate of drug-likeness (QED) is 0.364. The Morgan fingerprint density at radius 2 is 1.95 bits per heavy atom. The van der Waals surface area contributed by atoms with Crippen molar-refractivity contribution >= 4 is 35.6 Å². The number of nitrogens with zero attached hydrogens (tertiary/aromatic N) is 1. The number of rotatable bonds is 6. The van der Waals surface area contributed by atoms with E-state index in [4.69, 9.17) is 15.9 Å². The Bertz CT molecular complexity index is 445. The summed E-state index contributed by atoms with van der Waals surface area (Å²) in [6.45, 7) is -0.794. The molecule has 3 amide bonds. The molecular weight excluding hydrogens is 304 g/mol. The summed E-state index contributed by atoms with van der Waals surface area (Å²) in [6.07, 6.45) is 0. The van der Waals surface area contributed by atoms with Gasteiger partial charge in [0.1, 0.15) is 18.6 Å². The van der Waals surface area contributed by atoms with Crippen LogP contribution in [-0.4, -0.2) is 75.8 Å². The van der Waals surface area contributed by atoms with Crippen molar-refractivity contribution in [3.63, 3.8) is 0 Å². The first-order valence-electron chi connectivity index (χ1n) is 5.93. The van der Waals surface area contributed by atoms with Gasteiger partial charge in [-0.15, -0.1) is 11.8 Å². The normalized spacial score (nSPS) is 18.9. The van der Waals surface area contributed by atoms with E-state index < -0.39 is 42.5 Å². The van der Waals surface area contributed by atoms with Crippen LogP contribution in [0.2, 0.25) is 0 Å². The van der Waals surface area contributed by atoms with Gasteiger partial charge in [-0.1, -0.05) is 0 Å². The Morgan fingerprint density at radius 3 is 2.52 bits per heavy atom. The fourth-order valence-electron chi connectivity index (χ4n) is 1.53. The molecule has 0 radical (unpaired) electrons. The molecular formula is C10H16N4O6S. The van der Waals surface area contributed by atoms with Crippen LogP contribution in [0.1, 0.15) is 0 Å². The first kappa shape index (κ1) is 17.0. The van der Waals surface area contributed by atoms with Gasteiger partial charge >= 0.3 is 18.0 Å². The number of carbonyl (C=O) groups excluding carboxylic acids is 2. The fraction of sp³-hybridized carbons (Fsp3) is 0.600. The molecule has 1 rings (SSSR count). The van der Waals surface area contributed by atoms with Gasteiger partial charge in [0.15, 0.2) is 0 Å². The lowest BCUT2D eigenvalue weighted by molar-refractivity contribution is -0.138. The molecule has 1 heterocycles. The van der Waals surface area contributed by atoms with Crippen LogP contribution in [0.3, 0.4) is 0 Å². The van der Waals surface area contributed by atoms with Crippen LogP contribution in [0.25, 0.3) is 0 Å². The van der Waals surface area contributed by atoms with Crippen LogP contribution in [0.4, 0.5) is 4.79 Å². The molecule has 6 N–H and O–H groups in total. The van der Waals surface area contributed by atoms with Gasteiger partial charge in [-0.05, 0) is 0 Å². The van der Waals surface area contributed by atoms with E-state index in [2.05, 4.69) is 10.6 Å². The van der Waals surface area contributed by atoms with Crippen molar-refractivity contribution in [2.75, 3.05) is 24.7 Å². The van der Waals surface area contributed by atoms with Gasteiger partial charge in [-0.2, -0.15) is 0 Å². The monoisotopic (exact) mass is 320 g/mol. The number of carboxylic acid groups (broad SMARTS) is 2. The average molecular weight is 320 g/mol. The summed E-state index contributed by atoms with van der Waals surface area (Å²) in [6, 6.07) is -2.65. The highest BCUT2D eigenvalue weighted by atomic mass is 32.2. The van der Waals surface area contributed by atoms with Crippen LogP contribution in [0.5, 0.6) is 0 Å². The number of carbonyl (C=O) groups is 4. The van der Waals surface area contributed by atoms with Gasteiger partial charge in [0.05, 0.1) is 5.88 Å². The molecule has 118 valence electrons. The summed E-state index contributed by atoms with van der Waals surface area (Å²) >= 11 is 1.33. The first-order valence-corrected chi connectivity index (χ1v) is 7.08. The van der Waals surface area contributed by atoms with Gasteiger partial charge in [0, 0.05) is 12.3 Å². The maximum atomic E-state index is 11.9. The topological polar surface area (TPSA) is 162 Å². The molecule has 0 spiro atoms. The van der Waals surface area contributed by atoms with Crippen molar-refractivity contribution in [1.82, 2.24) is 15.5 Å². The summed E-state index contributed by atoms with van der Waals surface area (Å²) in [7, 11) is 0. The second kappa shape index (κ2) is 7.69. The predicted octanol–water partition coefficient (Wildman–Crippen LogP) is -2.32. The van der Waals surface area contributed by atoms with E-state index in [1.165, 1.54) is 16.7 Å². The zero-order chi connectivity index (χ0) is 16.0. The van der Waals surface area contributed by atoms with Crippen LogP contribution < -0.4 is 16.4 Å². The lowest BCUT2D eigenvalue weighted by Crippen LogP contribution is -2.53. The molecule has 21 heavy (non-hydrogen) atoms. The smallest absolute Gasteiger partial charge is 0.322 e. The lowest BCUT2D eigenvalue weighted by atomic mass is 10.3. The van der Waals surface area contributed by atoms with Crippen molar-refractivity contribution in [2.24, 2.45) is 5.73 Å². The summed E-state index contributed by atoms with van der Waals surface area (Å²) in [5, 5.41) is 21.6. The van der Waals surface area contributed by atoms with Crippen LogP contribution in [0.15, 0.2) is 0 Å². The van der Waals surface area contributed by atoms with Crippen LogP contribution >= 0.6 is 11.8 Å². The van der Waals surface area contributed by atoms with E-state index in [1.54, 1.807) is 0 Å². The van der Waals surface area contributed by atoms with Gasteiger partial charge in [0.2, 0.25) is 5.91 Å². The number of urea groups is 1. The summed E-state index contributed by atoms with van der Waals surface area (Å²) in [4.78, 5) is 45.8. The van der Waals surface area contributed by atoms with Gasteiger partial charge in [-0.3, -0.25) is 14.4 Å². The molecule has 0 aromatic carbocycles. The van der Waals surface area contributed by atoms with E-state index >= 15 is 0 Å². The van der Waals surface area contributed by atoms with Gasteiger partial charge < -0.3 is 31.5 Å². The molecule has 0 aromatic rings. The minimum atomic E-state index is -1.25. The van der Waals surface area contributed by atoms with E-state index in [-0.39, 0.29) is 12.4 Å². The number of hydrogen-bond donors (Lipinski definition) is 5. The van der Waals surface area contributed by atoms with E-state index in [1.807, 2.05) is 0 Å². The molecule has 1 fully saturated rings. The highest BCUT2D eigenvalue weighted by molar-refractivity contribution is 7.99. The molecule has 2 atom stereocenters. The predicted molar refractivity (Wildman–Crippen MR) is 72.6 cm³/mol. The number of hydrogen-bond acceptors (Lipinski definition) is 6. The molecule has 0 unspecified atom stereocenters. The van der Waals surface area contributed by atoms with Gasteiger partial charge in [-0.25, -0.2) is 4.79 Å². The molecule has 10 nitrogen and oxygen atoms in total. The standard InChI is InChI=1S/C10H16N4O6S/c11-5(9(18)19)1-13-10(20)14-4-21-3-6(14)8(17)12-2-7(15)16/h5-6H,1-4,11H2,(H,12,17)(H,13,20)(H,15,16)(H,18,19)/t5-,6-/m0/s1. The Hall–Kier alpha value is -2.01. The maximum Gasteiger partial charge on any atom is 0.322 e. The van der Waals surface area contributed by atoms with Crippen LogP contribution in [-0.2, 0) is 14.4 Å². The summed E-state index contributed by atoms with van der Waals surface area (Å²) in [5.74, 6) is -2.41. The number of aliphatic carboxylic acids is 2. The molecule has 0 bridgehead atoms. The Morgan fingerprint density at radius 1 is 1.29 bits per heavy atom. The second-order valence-electron chi connectivity index (χ2n) is 4.23. The van der Waals surface area contributed by atoms with E-state index in [0.29, 0.717) is 5.75 Å². The molecule has 0 aliphatic carbocycles. The number of carboxylic acids is 2. The molecule has 1 aliphatic heterocycles. The van der Waals surface area contributed by atoms with Crippen molar-refractivity contribution in [3.8, 4) is 0 Å². The zero-order valence-electron chi connectivity index (χ0n) is 10.9. The minimum Gasteiger partial charge on any atom is -0.480 e. The zero-order valence-corrected chi connectivity index (χ0v) is 11.8. The molecule has 1 saturated heterocycles. The molecule has 11 heteroatoms. The Balaban J connectivity index is 2.52. The Kier molecular flexibility index (Phi) is 6.24. The third kappa shape index (κ3) is 5.11. The highest BCUT2D eigenvalue weighted by Crippen LogP contribution is 2.20. The minimum absolute atomic E-state index is 0.249. The fourth-order valence-corrected chi connectivity index (χ4v) is 2.68. The van der Waals surface area contributed by atoms with Crippen molar-refractivity contribution in [3.05, 3.63) is 0 Å². The SMILES string of the molecule is N[C@@H](CNC(=O)N1CSC[C@H]1C(=O)NCC(=O)O)C(=O)O. The van der Waals surface area contributed by atoms with Crippen molar-refractivity contribution in [2.45, 2.75) is 12.1 Å². The van der Waals surface area contributed by atoms with Crippen molar-refractivity contribution < 1.29 is 29.4 Å². The van der Waals surface area contributed by atoms with E-state index in [0.717, 1.165) is 0 Å². The number of thioether (sulfide) groups is 1. The third-order valence-electron chi connectivity index (χ3n) is 2.65.